The second kappa shape index (κ2) is 7.32. The molecule has 172 valence electrons. The summed E-state index contributed by atoms with van der Waals surface area (Å²) < 4.78 is 1.08. The molecular weight excluding hydrogens is 588 g/mol. The van der Waals surface area contributed by atoms with Crippen LogP contribution < -0.4 is 21.7 Å². The molecule has 7 aromatic rings. The molecule has 1 aromatic heterocycles. The fourth-order valence-corrected chi connectivity index (χ4v) is 6.24. The Morgan fingerprint density at radius 2 is 0.778 bits per heavy atom. The van der Waals surface area contributed by atoms with Gasteiger partial charge in [-0.2, -0.15) is 0 Å². The maximum absolute atomic E-state index is 13.6. The van der Waals surface area contributed by atoms with Gasteiger partial charge in [0.25, 0.3) is 0 Å². The van der Waals surface area contributed by atoms with Crippen LogP contribution in [-0.2, 0) is 0 Å². The third-order valence-electron chi connectivity index (χ3n) is 6.83. The number of rotatable bonds is 0. The highest BCUT2D eigenvalue weighted by molar-refractivity contribution is 9.11. The molecule has 0 spiro atoms. The van der Waals surface area contributed by atoms with Gasteiger partial charge in [0.15, 0.2) is 21.7 Å². The minimum atomic E-state index is -0.268. The smallest absolute Gasteiger partial charge is 0.196 e. The summed E-state index contributed by atoms with van der Waals surface area (Å²) in [4.78, 5) is 60.2. The van der Waals surface area contributed by atoms with Gasteiger partial charge in [-0.05, 0) is 44.0 Å². The van der Waals surface area contributed by atoms with E-state index >= 15 is 0 Å². The largest absolute Gasteiger partial charge is 0.351 e. The molecule has 0 radical (unpaired) electrons. The summed E-state index contributed by atoms with van der Waals surface area (Å²) in [7, 11) is 0. The molecule has 0 fully saturated rings. The molecule has 1 heterocycles. The van der Waals surface area contributed by atoms with Crippen LogP contribution in [-0.4, -0.2) is 9.97 Å². The molecule has 0 aliphatic heterocycles. The van der Waals surface area contributed by atoms with Gasteiger partial charge in [-0.3, -0.25) is 19.2 Å². The molecule has 7 rings (SSSR count). The summed E-state index contributed by atoms with van der Waals surface area (Å²) in [5, 5.41) is 2.50. The van der Waals surface area contributed by atoms with Gasteiger partial charge in [-0.25, -0.2) is 0 Å². The van der Waals surface area contributed by atoms with Crippen molar-refractivity contribution in [2.24, 2.45) is 0 Å². The van der Waals surface area contributed by atoms with E-state index in [9.17, 15) is 19.2 Å². The van der Waals surface area contributed by atoms with Crippen molar-refractivity contribution in [2.45, 2.75) is 0 Å². The molecule has 36 heavy (non-hydrogen) atoms. The number of halogens is 2. The van der Waals surface area contributed by atoms with Crippen LogP contribution in [0.5, 0.6) is 0 Å². The molecule has 6 aromatic carbocycles. The van der Waals surface area contributed by atoms with Gasteiger partial charge >= 0.3 is 0 Å². The fraction of sp³-hybridized carbons (Fsp3) is 0. The zero-order chi connectivity index (χ0) is 24.9. The summed E-state index contributed by atoms with van der Waals surface area (Å²) in [5.41, 5.74) is 0.844. The molecule has 0 unspecified atom stereocenters. The van der Waals surface area contributed by atoms with E-state index < -0.39 is 0 Å². The van der Waals surface area contributed by atoms with Crippen LogP contribution in [0.3, 0.4) is 0 Å². The standard InChI is InChI=1S/C28H12Br2N2O4/c29-17-9-15-19(27(35)13-7-3-1-5-11(13)25(15)33)23-21(17)32-24-20-16(10-18(30)22(24)31-23)26(34)12-6-2-4-8-14(12)28(20)36/h1-10,31-32H. The van der Waals surface area contributed by atoms with Crippen LogP contribution in [0, 0.1) is 0 Å². The van der Waals surface area contributed by atoms with Crippen molar-refractivity contribution in [1.82, 2.24) is 9.97 Å². The third-order valence-corrected chi connectivity index (χ3v) is 8.09. The normalized spacial score (nSPS) is 12.1. The Morgan fingerprint density at radius 1 is 0.444 bits per heavy atom. The number of nitrogens with one attached hydrogen (secondary N) is 2. The lowest BCUT2D eigenvalue weighted by Crippen LogP contribution is -2.15. The van der Waals surface area contributed by atoms with Gasteiger partial charge in [-0.15, -0.1) is 0 Å². The van der Waals surface area contributed by atoms with Gasteiger partial charge in [0, 0.05) is 41.3 Å². The van der Waals surface area contributed by atoms with Crippen molar-refractivity contribution < 1.29 is 0 Å². The van der Waals surface area contributed by atoms with Crippen molar-refractivity contribution in [1.29, 1.82) is 0 Å². The highest BCUT2D eigenvalue weighted by Gasteiger charge is 2.20. The fourth-order valence-electron chi connectivity index (χ4n) is 5.19. The summed E-state index contributed by atoms with van der Waals surface area (Å²) in [6, 6.07) is 16.7. The van der Waals surface area contributed by atoms with Gasteiger partial charge in [0.05, 0.1) is 32.8 Å². The minimum Gasteiger partial charge on any atom is -0.351 e. The lowest BCUT2D eigenvalue weighted by molar-refractivity contribution is 1.40. The zero-order valence-corrected chi connectivity index (χ0v) is 21.3. The number of aromatic amines is 2. The molecule has 2 N–H and O–H groups in total. The van der Waals surface area contributed by atoms with Gasteiger partial charge in [-0.1, -0.05) is 48.5 Å². The molecule has 0 aliphatic rings. The molecule has 0 bridgehead atoms. The van der Waals surface area contributed by atoms with E-state index in [4.69, 9.17) is 0 Å². The lowest BCUT2D eigenvalue weighted by Gasteiger charge is -2.13. The molecule has 0 saturated heterocycles. The van der Waals surface area contributed by atoms with Crippen molar-refractivity contribution in [3.8, 4) is 0 Å². The average molecular weight is 600 g/mol. The van der Waals surface area contributed by atoms with E-state index in [1.165, 1.54) is 0 Å². The van der Waals surface area contributed by atoms with Crippen molar-refractivity contribution in [3.63, 3.8) is 0 Å². The van der Waals surface area contributed by atoms with E-state index in [2.05, 4.69) is 41.8 Å². The predicted octanol–water partition coefficient (Wildman–Crippen LogP) is 5.67. The first-order chi connectivity index (χ1) is 17.4. The average Bonchev–Trinajstić information content (AvgIpc) is 2.89. The molecule has 0 saturated carbocycles. The summed E-state index contributed by atoms with van der Waals surface area (Å²) in [5.74, 6) is 0. The van der Waals surface area contributed by atoms with Crippen molar-refractivity contribution in [2.75, 3.05) is 0 Å². The molecule has 0 amide bonds. The van der Waals surface area contributed by atoms with Crippen molar-refractivity contribution in [3.05, 3.63) is 111 Å². The van der Waals surface area contributed by atoms with Crippen LogP contribution in [0.1, 0.15) is 0 Å². The first-order valence-electron chi connectivity index (χ1n) is 11.0. The monoisotopic (exact) mass is 598 g/mol. The van der Waals surface area contributed by atoms with Gasteiger partial charge in [0.1, 0.15) is 0 Å². The van der Waals surface area contributed by atoms with Crippen LogP contribution in [0.25, 0.3) is 65.2 Å². The number of H-pyrrole nitrogens is 2. The molecule has 6 nitrogen and oxygen atoms in total. The minimum absolute atomic E-state index is 0.238. The Morgan fingerprint density at radius 3 is 1.14 bits per heavy atom. The van der Waals surface area contributed by atoms with Crippen LogP contribution in [0.15, 0.2) is 88.8 Å². The Labute approximate surface area is 216 Å². The topological polar surface area (TPSA) is 99.9 Å². The number of fused-ring (bicyclic) bond motifs is 8. The SMILES string of the molecule is O=c1c2ccccc2c(=O)c2c1cc(Br)c1[nH]c3c([nH]c12)c(Br)cc1c(=O)c2ccccc2c(=O)c13. The zero-order valence-electron chi connectivity index (χ0n) is 18.2. The first kappa shape index (κ1) is 21.4. The van der Waals surface area contributed by atoms with Crippen molar-refractivity contribution >= 4 is 97.0 Å². The van der Waals surface area contributed by atoms with Crippen LogP contribution in [0.2, 0.25) is 0 Å². The molecule has 0 aliphatic carbocycles. The molecular formula is C28H12Br2N2O4. The lowest BCUT2D eigenvalue weighted by atomic mass is 9.99. The summed E-state index contributed by atoms with van der Waals surface area (Å²) >= 11 is 7.08. The number of hydrogen-bond donors (Lipinski definition) is 2. The van der Waals surface area contributed by atoms with E-state index in [1.54, 1.807) is 60.7 Å². The third kappa shape index (κ3) is 2.65. The Kier molecular flexibility index (Phi) is 4.35. The first-order valence-corrected chi connectivity index (χ1v) is 12.6. The molecule has 8 heteroatoms. The maximum atomic E-state index is 13.6. The van der Waals surface area contributed by atoms with Crippen LogP contribution in [0.4, 0.5) is 0 Å². The van der Waals surface area contributed by atoms with E-state index in [0.717, 1.165) is 0 Å². The summed E-state index contributed by atoms with van der Waals surface area (Å²) in [6.45, 7) is 0. The molecule has 0 atom stereocenters. The van der Waals surface area contributed by atoms with E-state index in [1.807, 2.05) is 0 Å². The van der Waals surface area contributed by atoms with E-state index in [-0.39, 0.29) is 43.3 Å². The number of benzene rings is 6. The quantitative estimate of drug-likeness (QED) is 0.173. The predicted molar refractivity (Wildman–Crippen MR) is 152 cm³/mol. The number of hydrogen-bond acceptors (Lipinski definition) is 4. The number of aromatic nitrogens is 2. The van der Waals surface area contributed by atoms with Gasteiger partial charge in [0.2, 0.25) is 0 Å². The Hall–Kier alpha value is -3.88. The second-order valence-electron chi connectivity index (χ2n) is 8.72. The van der Waals surface area contributed by atoms with Gasteiger partial charge < -0.3 is 9.97 Å². The highest BCUT2D eigenvalue weighted by Crippen LogP contribution is 2.34. The van der Waals surface area contributed by atoms with Crippen LogP contribution >= 0.6 is 31.9 Å². The highest BCUT2D eigenvalue weighted by atomic mass is 79.9. The second-order valence-corrected chi connectivity index (χ2v) is 10.4. The Bertz CT molecular complexity index is 2210. The maximum Gasteiger partial charge on any atom is 0.196 e. The Balaban J connectivity index is 1.78. The summed E-state index contributed by atoms with van der Waals surface area (Å²) in [6.07, 6.45) is 0. The van der Waals surface area contributed by atoms with E-state index in [0.29, 0.717) is 52.6 Å².